The maximum absolute atomic E-state index is 13.5. The van der Waals surface area contributed by atoms with Gasteiger partial charge in [-0.25, -0.2) is 9.18 Å². The summed E-state index contributed by atoms with van der Waals surface area (Å²) in [5, 5.41) is 8.74. The Kier molecular flexibility index (Phi) is 5.46. The second kappa shape index (κ2) is 7.55. The molecule has 0 amide bonds. The minimum absolute atomic E-state index is 0.283. The van der Waals surface area contributed by atoms with E-state index in [-0.39, 0.29) is 12.2 Å². The molecule has 0 spiro atoms. The molecule has 0 saturated carbocycles. The first kappa shape index (κ1) is 15.2. The van der Waals surface area contributed by atoms with Gasteiger partial charge in [-0.15, -0.1) is 0 Å². The summed E-state index contributed by atoms with van der Waals surface area (Å²) in [5.74, 6) is -1.99. The highest BCUT2D eigenvalue weighted by Crippen LogP contribution is 2.12. The van der Waals surface area contributed by atoms with Crippen molar-refractivity contribution in [3.8, 4) is 0 Å². The van der Waals surface area contributed by atoms with Gasteiger partial charge in [-0.2, -0.15) is 0 Å². The van der Waals surface area contributed by atoms with E-state index in [0.29, 0.717) is 12.2 Å². The minimum Gasteiger partial charge on any atom is -0.478 e. The molecule has 0 atom stereocenters. The zero-order chi connectivity index (χ0) is 15.1. The van der Waals surface area contributed by atoms with Crippen molar-refractivity contribution in [2.45, 2.75) is 19.4 Å². The van der Waals surface area contributed by atoms with Gasteiger partial charge in [-0.1, -0.05) is 36.4 Å². The third kappa shape index (κ3) is 4.68. The van der Waals surface area contributed by atoms with Crippen molar-refractivity contribution < 1.29 is 19.0 Å². The molecule has 21 heavy (non-hydrogen) atoms. The molecule has 2 aromatic carbocycles. The van der Waals surface area contributed by atoms with Crippen LogP contribution in [0.4, 0.5) is 4.39 Å². The molecular weight excluding hydrogens is 271 g/mol. The van der Waals surface area contributed by atoms with Gasteiger partial charge in [-0.3, -0.25) is 0 Å². The third-order valence-corrected chi connectivity index (χ3v) is 3.13. The maximum Gasteiger partial charge on any atom is 0.338 e. The van der Waals surface area contributed by atoms with E-state index in [4.69, 9.17) is 9.84 Å². The highest BCUT2D eigenvalue weighted by Gasteiger charge is 2.10. The third-order valence-electron chi connectivity index (χ3n) is 3.13. The number of halogens is 1. The van der Waals surface area contributed by atoms with Crippen LogP contribution in [-0.4, -0.2) is 17.7 Å². The smallest absolute Gasteiger partial charge is 0.338 e. The number of hydrogen-bond donors (Lipinski definition) is 1. The molecule has 0 fully saturated rings. The number of aromatic carboxylic acids is 1. The van der Waals surface area contributed by atoms with E-state index in [1.807, 2.05) is 18.2 Å². The highest BCUT2D eigenvalue weighted by molar-refractivity contribution is 5.87. The molecule has 0 aliphatic carbocycles. The number of ether oxygens (including phenoxy) is 1. The first-order chi connectivity index (χ1) is 10.2. The van der Waals surface area contributed by atoms with Crippen molar-refractivity contribution in [1.29, 1.82) is 0 Å². The largest absolute Gasteiger partial charge is 0.478 e. The summed E-state index contributed by atoms with van der Waals surface area (Å²) < 4.78 is 18.9. The summed E-state index contributed by atoms with van der Waals surface area (Å²) in [4.78, 5) is 10.7. The second-order valence-corrected chi connectivity index (χ2v) is 4.76. The van der Waals surface area contributed by atoms with Crippen LogP contribution in [0.1, 0.15) is 27.9 Å². The Labute approximate surface area is 123 Å². The lowest BCUT2D eigenvalue weighted by molar-refractivity contribution is 0.0691. The molecule has 1 N–H and O–H groups in total. The van der Waals surface area contributed by atoms with Gasteiger partial charge in [0.15, 0.2) is 0 Å². The van der Waals surface area contributed by atoms with Gasteiger partial charge in [0, 0.05) is 6.61 Å². The first-order valence-corrected chi connectivity index (χ1v) is 6.80. The first-order valence-electron chi connectivity index (χ1n) is 6.80. The van der Waals surface area contributed by atoms with Gasteiger partial charge in [-0.05, 0) is 36.1 Å². The Balaban J connectivity index is 1.74. The molecular formula is C17H17FO3. The number of rotatable bonds is 7. The topological polar surface area (TPSA) is 46.5 Å². The molecule has 0 unspecified atom stereocenters. The lowest BCUT2D eigenvalue weighted by atomic mass is 10.1. The van der Waals surface area contributed by atoms with Crippen LogP contribution in [0.15, 0.2) is 48.5 Å². The van der Waals surface area contributed by atoms with Gasteiger partial charge in [0.05, 0.1) is 12.2 Å². The monoisotopic (exact) mass is 288 g/mol. The number of hydrogen-bond acceptors (Lipinski definition) is 2. The van der Waals surface area contributed by atoms with Crippen molar-refractivity contribution in [3.63, 3.8) is 0 Å². The van der Waals surface area contributed by atoms with Crippen molar-refractivity contribution in [3.05, 3.63) is 71.0 Å². The van der Waals surface area contributed by atoms with Gasteiger partial charge in [0.1, 0.15) is 5.82 Å². The molecule has 2 rings (SSSR count). The summed E-state index contributed by atoms with van der Waals surface area (Å²) in [6, 6.07) is 14.2. The zero-order valence-electron chi connectivity index (χ0n) is 11.6. The number of carboxylic acid groups (broad SMARTS) is 1. The molecule has 0 aliphatic rings. The summed E-state index contributed by atoms with van der Waals surface area (Å²) in [6.45, 7) is 0.864. The Bertz CT molecular complexity index is 596. The van der Waals surface area contributed by atoms with Gasteiger partial charge in [0.25, 0.3) is 0 Å². The van der Waals surface area contributed by atoms with Crippen LogP contribution < -0.4 is 0 Å². The molecule has 0 bridgehead atoms. The Hall–Kier alpha value is -2.20. The molecule has 0 aromatic heterocycles. The van der Waals surface area contributed by atoms with Gasteiger partial charge >= 0.3 is 5.97 Å². The van der Waals surface area contributed by atoms with Crippen LogP contribution in [0.25, 0.3) is 0 Å². The molecule has 0 aliphatic heterocycles. The fraction of sp³-hybridized carbons (Fsp3) is 0.235. The van der Waals surface area contributed by atoms with E-state index >= 15 is 0 Å². The normalized spacial score (nSPS) is 10.5. The Morgan fingerprint density at radius 3 is 2.52 bits per heavy atom. The lowest BCUT2D eigenvalue weighted by Crippen LogP contribution is -2.02. The van der Waals surface area contributed by atoms with Crippen molar-refractivity contribution in [2.24, 2.45) is 0 Å². The van der Waals surface area contributed by atoms with Gasteiger partial charge < -0.3 is 9.84 Å². The predicted octanol–water partition coefficient (Wildman–Crippen LogP) is 3.67. The van der Waals surface area contributed by atoms with Crippen LogP contribution in [0, 0.1) is 5.82 Å². The van der Waals surface area contributed by atoms with Gasteiger partial charge in [0.2, 0.25) is 0 Å². The summed E-state index contributed by atoms with van der Waals surface area (Å²) >= 11 is 0. The van der Waals surface area contributed by atoms with Crippen LogP contribution in [0.2, 0.25) is 0 Å². The molecule has 0 heterocycles. The van der Waals surface area contributed by atoms with E-state index in [0.717, 1.165) is 12.8 Å². The van der Waals surface area contributed by atoms with Crippen LogP contribution in [0.5, 0.6) is 0 Å². The standard InChI is InChI=1S/C17H17FO3/c18-16-11-14(8-9-15(16)17(19)20)12-21-10-4-7-13-5-2-1-3-6-13/h1-3,5-6,8-9,11H,4,7,10,12H2,(H,19,20). The van der Waals surface area contributed by atoms with Crippen molar-refractivity contribution >= 4 is 5.97 Å². The van der Waals surface area contributed by atoms with E-state index < -0.39 is 11.8 Å². The molecule has 110 valence electrons. The van der Waals surface area contributed by atoms with E-state index in [9.17, 15) is 9.18 Å². The molecule has 0 saturated heterocycles. The number of benzene rings is 2. The fourth-order valence-electron chi connectivity index (χ4n) is 2.03. The average molecular weight is 288 g/mol. The SMILES string of the molecule is O=C(O)c1ccc(COCCCc2ccccc2)cc1F. The second-order valence-electron chi connectivity index (χ2n) is 4.76. The van der Waals surface area contributed by atoms with Crippen molar-refractivity contribution in [1.82, 2.24) is 0 Å². The number of aryl methyl sites for hydroxylation is 1. The van der Waals surface area contributed by atoms with E-state index in [1.165, 1.54) is 17.7 Å². The summed E-state index contributed by atoms with van der Waals surface area (Å²) in [6.07, 6.45) is 1.83. The lowest BCUT2D eigenvalue weighted by Gasteiger charge is -2.06. The van der Waals surface area contributed by atoms with E-state index in [1.54, 1.807) is 6.07 Å². The molecule has 0 radical (unpaired) electrons. The quantitative estimate of drug-likeness (QED) is 0.791. The fourth-order valence-corrected chi connectivity index (χ4v) is 2.03. The minimum atomic E-state index is -1.26. The maximum atomic E-state index is 13.5. The molecule has 3 nitrogen and oxygen atoms in total. The van der Waals surface area contributed by atoms with E-state index in [2.05, 4.69) is 12.1 Å². The Morgan fingerprint density at radius 1 is 1.10 bits per heavy atom. The van der Waals surface area contributed by atoms with Crippen LogP contribution >= 0.6 is 0 Å². The summed E-state index contributed by atoms with van der Waals surface area (Å²) in [5.41, 5.74) is 1.58. The predicted molar refractivity (Wildman–Crippen MR) is 77.8 cm³/mol. The van der Waals surface area contributed by atoms with Crippen LogP contribution in [-0.2, 0) is 17.8 Å². The summed E-state index contributed by atoms with van der Waals surface area (Å²) in [7, 11) is 0. The number of carbonyl (C=O) groups is 1. The average Bonchev–Trinajstić information content (AvgIpc) is 2.47. The highest BCUT2D eigenvalue weighted by atomic mass is 19.1. The Morgan fingerprint density at radius 2 is 1.86 bits per heavy atom. The molecule has 2 aromatic rings. The molecule has 4 heteroatoms. The number of carboxylic acids is 1. The zero-order valence-corrected chi connectivity index (χ0v) is 11.6. The van der Waals surface area contributed by atoms with Crippen LogP contribution in [0.3, 0.4) is 0 Å². The van der Waals surface area contributed by atoms with Crippen molar-refractivity contribution in [2.75, 3.05) is 6.61 Å².